The fourth-order valence-corrected chi connectivity index (χ4v) is 2.88. The molecular formula is C19H30N2O6. The molecule has 0 saturated carbocycles. The van der Waals surface area contributed by atoms with Gasteiger partial charge in [0, 0.05) is 44.8 Å². The van der Waals surface area contributed by atoms with Crippen LogP contribution in [0.15, 0.2) is 10.6 Å². The van der Waals surface area contributed by atoms with Gasteiger partial charge in [-0.15, -0.1) is 0 Å². The SMILES string of the molecule is COC(=O)C[C@@H](C)Cc1cc(OC2CCN(C(=O)OC(C)(C)C)CC2)no1. The number of aromatic nitrogens is 1. The second-order valence-corrected chi connectivity index (χ2v) is 8.01. The topological polar surface area (TPSA) is 91.1 Å². The molecule has 0 bridgehead atoms. The Morgan fingerprint density at radius 3 is 2.59 bits per heavy atom. The smallest absolute Gasteiger partial charge is 0.410 e. The maximum absolute atomic E-state index is 12.1. The molecule has 0 aromatic carbocycles. The first-order valence-corrected chi connectivity index (χ1v) is 9.33. The molecule has 1 aliphatic rings. The Morgan fingerprint density at radius 1 is 1.33 bits per heavy atom. The lowest BCUT2D eigenvalue weighted by Crippen LogP contribution is -2.44. The second-order valence-electron chi connectivity index (χ2n) is 8.01. The van der Waals surface area contributed by atoms with Crippen molar-refractivity contribution in [2.75, 3.05) is 20.2 Å². The number of carbonyl (C=O) groups is 2. The summed E-state index contributed by atoms with van der Waals surface area (Å²) in [5.41, 5.74) is -0.494. The van der Waals surface area contributed by atoms with Crippen LogP contribution in [0.3, 0.4) is 0 Å². The van der Waals surface area contributed by atoms with Gasteiger partial charge in [-0.1, -0.05) is 6.92 Å². The summed E-state index contributed by atoms with van der Waals surface area (Å²) in [6.07, 6.45) is 2.03. The summed E-state index contributed by atoms with van der Waals surface area (Å²) in [5, 5.41) is 3.95. The van der Waals surface area contributed by atoms with Gasteiger partial charge in [0.15, 0.2) is 0 Å². The number of amides is 1. The number of likely N-dealkylation sites (tertiary alicyclic amines) is 1. The highest BCUT2D eigenvalue weighted by Crippen LogP contribution is 2.22. The van der Waals surface area contributed by atoms with Gasteiger partial charge in [0.25, 0.3) is 5.88 Å². The van der Waals surface area contributed by atoms with E-state index in [-0.39, 0.29) is 24.1 Å². The zero-order chi connectivity index (χ0) is 20.0. The van der Waals surface area contributed by atoms with E-state index in [0.717, 1.165) is 0 Å². The van der Waals surface area contributed by atoms with Crippen molar-refractivity contribution in [2.45, 2.75) is 65.1 Å². The third kappa shape index (κ3) is 7.11. The van der Waals surface area contributed by atoms with Crippen molar-refractivity contribution in [1.29, 1.82) is 0 Å². The molecule has 0 spiro atoms. The van der Waals surface area contributed by atoms with Crippen molar-refractivity contribution < 1.29 is 28.3 Å². The Bertz CT molecular complexity index is 628. The average molecular weight is 382 g/mol. The van der Waals surface area contributed by atoms with E-state index < -0.39 is 5.60 Å². The van der Waals surface area contributed by atoms with E-state index in [0.29, 0.717) is 50.4 Å². The van der Waals surface area contributed by atoms with E-state index in [4.69, 9.17) is 14.0 Å². The normalized spacial score (nSPS) is 16.7. The quantitative estimate of drug-likeness (QED) is 0.698. The molecule has 1 fully saturated rings. The van der Waals surface area contributed by atoms with Crippen molar-refractivity contribution in [1.82, 2.24) is 10.1 Å². The summed E-state index contributed by atoms with van der Waals surface area (Å²) < 4.78 is 21.2. The van der Waals surface area contributed by atoms with Crippen molar-refractivity contribution in [2.24, 2.45) is 5.92 Å². The van der Waals surface area contributed by atoms with Gasteiger partial charge in [-0.05, 0) is 31.8 Å². The number of methoxy groups -OCH3 is 1. The van der Waals surface area contributed by atoms with E-state index in [1.807, 2.05) is 27.7 Å². The van der Waals surface area contributed by atoms with Crippen LogP contribution in [0, 0.1) is 5.92 Å². The summed E-state index contributed by atoms with van der Waals surface area (Å²) in [5.74, 6) is 0.962. The Morgan fingerprint density at radius 2 is 2.00 bits per heavy atom. The molecule has 0 radical (unpaired) electrons. The van der Waals surface area contributed by atoms with Gasteiger partial charge >= 0.3 is 12.1 Å². The lowest BCUT2D eigenvalue weighted by molar-refractivity contribution is -0.141. The molecule has 8 heteroatoms. The van der Waals surface area contributed by atoms with Crippen molar-refractivity contribution in [3.05, 3.63) is 11.8 Å². The minimum absolute atomic E-state index is 0.0193. The molecule has 2 heterocycles. The van der Waals surface area contributed by atoms with Gasteiger partial charge in [-0.3, -0.25) is 4.79 Å². The van der Waals surface area contributed by atoms with Gasteiger partial charge in [0.05, 0.1) is 7.11 Å². The second kappa shape index (κ2) is 9.10. The molecule has 0 aliphatic carbocycles. The van der Waals surface area contributed by atoms with Crippen LogP contribution >= 0.6 is 0 Å². The number of hydrogen-bond donors (Lipinski definition) is 0. The maximum atomic E-state index is 12.1. The van der Waals surface area contributed by atoms with E-state index in [9.17, 15) is 9.59 Å². The van der Waals surface area contributed by atoms with Crippen LogP contribution in [0.25, 0.3) is 0 Å². The standard InChI is InChI=1S/C19H30N2O6/c1-13(11-17(22)24-5)10-15-12-16(20-27-15)25-14-6-8-21(9-7-14)18(23)26-19(2,3)4/h12-14H,6-11H2,1-5H3/t13-/m0/s1. The number of ether oxygens (including phenoxy) is 3. The average Bonchev–Trinajstić information content (AvgIpc) is 3.00. The van der Waals surface area contributed by atoms with E-state index in [2.05, 4.69) is 9.89 Å². The predicted octanol–water partition coefficient (Wildman–Crippen LogP) is 3.19. The molecule has 0 N–H and O–H groups in total. The monoisotopic (exact) mass is 382 g/mol. The molecule has 1 saturated heterocycles. The Balaban J connectivity index is 1.77. The summed E-state index contributed by atoms with van der Waals surface area (Å²) in [7, 11) is 1.38. The first kappa shape index (κ1) is 21.1. The molecule has 1 aromatic rings. The molecule has 2 rings (SSSR count). The maximum Gasteiger partial charge on any atom is 0.410 e. The minimum Gasteiger partial charge on any atom is -0.472 e. The molecule has 1 aromatic heterocycles. The minimum atomic E-state index is -0.494. The highest BCUT2D eigenvalue weighted by atomic mass is 16.6. The Labute approximate surface area is 160 Å². The van der Waals surface area contributed by atoms with E-state index in [1.54, 1.807) is 11.0 Å². The van der Waals surface area contributed by atoms with Gasteiger partial charge in [-0.2, -0.15) is 0 Å². The summed E-state index contributed by atoms with van der Waals surface area (Å²) in [6.45, 7) is 8.69. The molecule has 0 unspecified atom stereocenters. The van der Waals surface area contributed by atoms with Crippen LogP contribution in [-0.2, 0) is 20.7 Å². The van der Waals surface area contributed by atoms with Crippen molar-refractivity contribution in [3.63, 3.8) is 0 Å². The third-order valence-corrected chi connectivity index (χ3v) is 4.21. The van der Waals surface area contributed by atoms with Crippen molar-refractivity contribution >= 4 is 12.1 Å². The third-order valence-electron chi connectivity index (χ3n) is 4.21. The van der Waals surface area contributed by atoms with Crippen LogP contribution in [0.1, 0.15) is 52.7 Å². The predicted molar refractivity (Wildman–Crippen MR) is 97.5 cm³/mol. The summed E-state index contributed by atoms with van der Waals surface area (Å²) >= 11 is 0. The van der Waals surface area contributed by atoms with Crippen LogP contribution in [0.4, 0.5) is 4.79 Å². The molecule has 152 valence electrons. The molecule has 1 aliphatic heterocycles. The number of esters is 1. The van der Waals surface area contributed by atoms with Crippen LogP contribution in [0.2, 0.25) is 0 Å². The number of hydrogen-bond acceptors (Lipinski definition) is 7. The van der Waals surface area contributed by atoms with Crippen LogP contribution in [0.5, 0.6) is 5.88 Å². The Kier molecular flexibility index (Phi) is 7.10. The fourth-order valence-electron chi connectivity index (χ4n) is 2.88. The lowest BCUT2D eigenvalue weighted by Gasteiger charge is -2.33. The van der Waals surface area contributed by atoms with Crippen LogP contribution < -0.4 is 4.74 Å². The van der Waals surface area contributed by atoms with Crippen molar-refractivity contribution in [3.8, 4) is 5.88 Å². The van der Waals surface area contributed by atoms with Gasteiger partial charge < -0.3 is 23.6 Å². The number of rotatable bonds is 6. The molecule has 27 heavy (non-hydrogen) atoms. The molecule has 1 amide bonds. The molecule has 1 atom stereocenters. The van der Waals surface area contributed by atoms with E-state index >= 15 is 0 Å². The first-order chi connectivity index (χ1) is 12.7. The lowest BCUT2D eigenvalue weighted by atomic mass is 10.0. The first-order valence-electron chi connectivity index (χ1n) is 9.33. The summed E-state index contributed by atoms with van der Waals surface area (Å²) in [4.78, 5) is 25.1. The number of carbonyl (C=O) groups excluding carboxylic acids is 2. The number of piperidine rings is 1. The Hall–Kier alpha value is -2.25. The summed E-state index contributed by atoms with van der Waals surface area (Å²) in [6, 6.07) is 1.76. The van der Waals surface area contributed by atoms with Gasteiger partial charge in [0.2, 0.25) is 0 Å². The zero-order valence-corrected chi connectivity index (χ0v) is 16.8. The molecule has 8 nitrogen and oxygen atoms in total. The van der Waals surface area contributed by atoms with Crippen LogP contribution in [-0.4, -0.2) is 54.0 Å². The highest BCUT2D eigenvalue weighted by Gasteiger charge is 2.28. The molecular weight excluding hydrogens is 352 g/mol. The fraction of sp³-hybridized carbons (Fsp3) is 0.737. The largest absolute Gasteiger partial charge is 0.472 e. The van der Waals surface area contributed by atoms with Gasteiger partial charge in [0.1, 0.15) is 17.5 Å². The zero-order valence-electron chi connectivity index (χ0n) is 16.8. The number of nitrogens with zero attached hydrogens (tertiary/aromatic N) is 2. The highest BCUT2D eigenvalue weighted by molar-refractivity contribution is 5.69. The van der Waals surface area contributed by atoms with E-state index in [1.165, 1.54) is 7.11 Å². The van der Waals surface area contributed by atoms with Gasteiger partial charge in [-0.25, -0.2) is 4.79 Å².